The van der Waals surface area contributed by atoms with Gasteiger partial charge in [0.1, 0.15) is 0 Å². The van der Waals surface area contributed by atoms with Gasteiger partial charge in [-0.25, -0.2) is 0 Å². The van der Waals surface area contributed by atoms with Crippen molar-refractivity contribution in [2.24, 2.45) is 0 Å². The van der Waals surface area contributed by atoms with Gasteiger partial charge in [-0.3, -0.25) is 0 Å². The molecule has 0 nitrogen and oxygen atoms in total. The van der Waals surface area contributed by atoms with Crippen molar-refractivity contribution in [3.8, 4) is 11.1 Å². The average Bonchev–Trinajstić information content (AvgIpc) is 2.38. The summed E-state index contributed by atoms with van der Waals surface area (Å²) in [6.07, 6.45) is 4.25. The Balaban J connectivity index is 2.58. The van der Waals surface area contributed by atoms with Crippen LogP contribution < -0.4 is 0 Å². The molecule has 16 heavy (non-hydrogen) atoms. The smallest absolute Gasteiger partial charge is 0.0148 e. The summed E-state index contributed by atoms with van der Waals surface area (Å²) in [5, 5.41) is 0. The fourth-order valence-corrected chi connectivity index (χ4v) is 2.96. The highest BCUT2D eigenvalue weighted by Crippen LogP contribution is 2.35. The first-order valence-corrected chi connectivity index (χ1v) is 7.58. The van der Waals surface area contributed by atoms with Gasteiger partial charge in [0.05, 0.1) is 0 Å². The molecule has 0 unspecified atom stereocenters. The summed E-state index contributed by atoms with van der Waals surface area (Å²) >= 11 is 3.60. The molecule has 0 saturated heterocycles. The van der Waals surface area contributed by atoms with Crippen molar-refractivity contribution in [2.75, 3.05) is 12.5 Å². The predicted octanol–water partition coefficient (Wildman–Crippen LogP) is 4.80. The molecule has 2 aromatic rings. The highest BCUT2D eigenvalue weighted by molar-refractivity contribution is 7.99. The fourth-order valence-electron chi connectivity index (χ4n) is 1.73. The first kappa shape index (κ1) is 11.6. The van der Waals surface area contributed by atoms with E-state index in [0.29, 0.717) is 0 Å². The molecule has 0 aliphatic rings. The van der Waals surface area contributed by atoms with Crippen LogP contribution in [0.2, 0.25) is 0 Å². The second-order valence-electron chi connectivity index (χ2n) is 3.40. The molecule has 0 spiro atoms. The highest BCUT2D eigenvalue weighted by Gasteiger charge is 2.07. The first-order valence-electron chi connectivity index (χ1n) is 5.13. The van der Waals surface area contributed by atoms with Gasteiger partial charge < -0.3 is 0 Å². The molecule has 2 rings (SSSR count). The molecule has 0 saturated carbocycles. The average molecular weight is 246 g/mol. The monoisotopic (exact) mass is 246 g/mol. The van der Waals surface area contributed by atoms with E-state index in [1.807, 2.05) is 0 Å². The van der Waals surface area contributed by atoms with Crippen LogP contribution in [-0.2, 0) is 0 Å². The minimum absolute atomic E-state index is 1.33. The molecule has 2 heteroatoms. The lowest BCUT2D eigenvalue weighted by Gasteiger charge is -2.10. The van der Waals surface area contributed by atoms with Gasteiger partial charge in [-0.2, -0.15) is 0 Å². The standard InChI is InChI=1S/C14H14S2/c1-15-13-9-5-3-7-11(13)12-8-4-6-10-14(12)16-2/h3-10H,1-2H3. The van der Waals surface area contributed by atoms with E-state index in [0.717, 1.165) is 0 Å². The summed E-state index contributed by atoms with van der Waals surface area (Å²) in [5.41, 5.74) is 2.67. The Labute approximate surface area is 105 Å². The number of thioether (sulfide) groups is 2. The quantitative estimate of drug-likeness (QED) is 0.714. The van der Waals surface area contributed by atoms with E-state index in [1.165, 1.54) is 20.9 Å². The van der Waals surface area contributed by atoms with E-state index < -0.39 is 0 Å². The minimum atomic E-state index is 1.33. The van der Waals surface area contributed by atoms with E-state index in [2.05, 4.69) is 61.0 Å². The maximum atomic E-state index is 2.20. The van der Waals surface area contributed by atoms with Crippen LogP contribution in [0.25, 0.3) is 11.1 Å². The summed E-state index contributed by atoms with van der Waals surface area (Å²) in [7, 11) is 0. The molecule has 0 aliphatic carbocycles. The first-order chi connectivity index (χ1) is 7.86. The fraction of sp³-hybridized carbons (Fsp3) is 0.143. The SMILES string of the molecule is CSc1ccccc1-c1ccccc1SC. The molecule has 0 aliphatic heterocycles. The Morgan fingerprint density at radius 2 is 1.00 bits per heavy atom. The van der Waals surface area contributed by atoms with Crippen molar-refractivity contribution < 1.29 is 0 Å². The number of benzene rings is 2. The zero-order chi connectivity index (χ0) is 11.4. The van der Waals surface area contributed by atoms with Crippen molar-refractivity contribution in [2.45, 2.75) is 9.79 Å². The molecule has 0 fully saturated rings. The van der Waals surface area contributed by atoms with E-state index in [1.54, 1.807) is 23.5 Å². The molecule has 0 atom stereocenters. The van der Waals surface area contributed by atoms with Crippen molar-refractivity contribution in [3.63, 3.8) is 0 Å². The molecular formula is C14H14S2. The predicted molar refractivity (Wildman–Crippen MR) is 75.4 cm³/mol. The van der Waals surface area contributed by atoms with Gasteiger partial charge in [0, 0.05) is 9.79 Å². The Hall–Kier alpha value is -0.860. The molecular weight excluding hydrogens is 232 g/mol. The maximum absolute atomic E-state index is 2.20. The van der Waals surface area contributed by atoms with Gasteiger partial charge in [0.15, 0.2) is 0 Å². The summed E-state index contributed by atoms with van der Waals surface area (Å²) in [6, 6.07) is 17.1. The largest absolute Gasteiger partial charge is 0.129 e. The topological polar surface area (TPSA) is 0 Å². The van der Waals surface area contributed by atoms with Crippen molar-refractivity contribution in [1.29, 1.82) is 0 Å². The van der Waals surface area contributed by atoms with Gasteiger partial charge in [0.2, 0.25) is 0 Å². The third kappa shape index (κ3) is 2.28. The Kier molecular flexibility index (Phi) is 3.97. The lowest BCUT2D eigenvalue weighted by molar-refractivity contribution is 1.38. The number of hydrogen-bond acceptors (Lipinski definition) is 2. The molecule has 0 radical (unpaired) electrons. The van der Waals surface area contributed by atoms with Crippen LogP contribution in [0.5, 0.6) is 0 Å². The van der Waals surface area contributed by atoms with E-state index in [4.69, 9.17) is 0 Å². The molecule has 0 bridgehead atoms. The molecule has 2 aromatic carbocycles. The molecule has 0 aromatic heterocycles. The van der Waals surface area contributed by atoms with Crippen LogP contribution in [0.15, 0.2) is 58.3 Å². The van der Waals surface area contributed by atoms with Crippen LogP contribution in [0.1, 0.15) is 0 Å². The van der Waals surface area contributed by atoms with Gasteiger partial charge in [-0.05, 0) is 35.8 Å². The van der Waals surface area contributed by atoms with Crippen LogP contribution in [0.3, 0.4) is 0 Å². The second kappa shape index (κ2) is 5.46. The van der Waals surface area contributed by atoms with Gasteiger partial charge in [0.25, 0.3) is 0 Å². The zero-order valence-electron chi connectivity index (χ0n) is 9.44. The Bertz CT molecular complexity index is 432. The number of hydrogen-bond donors (Lipinski definition) is 0. The lowest BCUT2D eigenvalue weighted by atomic mass is 10.1. The molecule has 0 heterocycles. The Morgan fingerprint density at radius 3 is 1.38 bits per heavy atom. The van der Waals surface area contributed by atoms with Crippen LogP contribution in [0, 0.1) is 0 Å². The van der Waals surface area contributed by atoms with Crippen LogP contribution >= 0.6 is 23.5 Å². The Morgan fingerprint density at radius 1 is 0.625 bits per heavy atom. The van der Waals surface area contributed by atoms with Crippen molar-refractivity contribution >= 4 is 23.5 Å². The normalized spacial score (nSPS) is 10.4. The summed E-state index contributed by atoms with van der Waals surface area (Å²) < 4.78 is 0. The summed E-state index contributed by atoms with van der Waals surface area (Å²) in [6.45, 7) is 0. The molecule has 82 valence electrons. The number of rotatable bonds is 3. The highest BCUT2D eigenvalue weighted by atomic mass is 32.2. The second-order valence-corrected chi connectivity index (χ2v) is 5.10. The van der Waals surface area contributed by atoms with Crippen LogP contribution in [0.4, 0.5) is 0 Å². The third-order valence-electron chi connectivity index (χ3n) is 2.50. The van der Waals surface area contributed by atoms with Gasteiger partial charge in [-0.1, -0.05) is 36.4 Å². The molecule has 0 amide bonds. The summed E-state index contributed by atoms with van der Waals surface area (Å²) in [4.78, 5) is 2.67. The minimum Gasteiger partial charge on any atom is -0.129 e. The lowest BCUT2D eigenvalue weighted by Crippen LogP contribution is -1.84. The summed E-state index contributed by atoms with van der Waals surface area (Å²) in [5.74, 6) is 0. The van der Waals surface area contributed by atoms with E-state index >= 15 is 0 Å². The van der Waals surface area contributed by atoms with Gasteiger partial charge >= 0.3 is 0 Å². The van der Waals surface area contributed by atoms with Crippen molar-refractivity contribution in [1.82, 2.24) is 0 Å². The third-order valence-corrected chi connectivity index (χ3v) is 4.10. The maximum Gasteiger partial charge on any atom is 0.0148 e. The van der Waals surface area contributed by atoms with Gasteiger partial charge in [-0.15, -0.1) is 23.5 Å². The van der Waals surface area contributed by atoms with E-state index in [-0.39, 0.29) is 0 Å². The zero-order valence-corrected chi connectivity index (χ0v) is 11.1. The van der Waals surface area contributed by atoms with Crippen LogP contribution in [-0.4, -0.2) is 12.5 Å². The van der Waals surface area contributed by atoms with E-state index in [9.17, 15) is 0 Å². The molecule has 0 N–H and O–H groups in total. The van der Waals surface area contributed by atoms with Crippen molar-refractivity contribution in [3.05, 3.63) is 48.5 Å².